The maximum absolute atomic E-state index is 5.72. The fourth-order valence-corrected chi connectivity index (χ4v) is 1.73. The summed E-state index contributed by atoms with van der Waals surface area (Å²) in [7, 11) is 0. The number of hydrogen-bond acceptors (Lipinski definition) is 2. The number of rotatable bonds is 6. The molecule has 0 heterocycles. The van der Waals surface area contributed by atoms with E-state index in [0.29, 0.717) is 5.88 Å². The van der Waals surface area contributed by atoms with Crippen LogP contribution >= 0.6 is 11.6 Å². The molecule has 0 fully saturated rings. The van der Waals surface area contributed by atoms with Crippen molar-refractivity contribution in [3.8, 4) is 11.5 Å². The van der Waals surface area contributed by atoms with Crippen molar-refractivity contribution in [2.75, 3.05) is 12.4 Å². The highest BCUT2D eigenvalue weighted by molar-refractivity contribution is 6.18. The average molecular weight is 262 g/mol. The zero-order valence-corrected chi connectivity index (χ0v) is 10.9. The second-order valence-electron chi connectivity index (χ2n) is 3.92. The quantitative estimate of drug-likeness (QED) is 0.631. The van der Waals surface area contributed by atoms with E-state index in [9.17, 15) is 0 Å². The Bertz CT molecular complexity index is 456. The highest BCUT2D eigenvalue weighted by Crippen LogP contribution is 2.20. The van der Waals surface area contributed by atoms with Crippen LogP contribution in [0.25, 0.3) is 0 Å². The van der Waals surface area contributed by atoms with Crippen molar-refractivity contribution in [1.29, 1.82) is 0 Å². The first-order valence-electron chi connectivity index (χ1n) is 5.97. The molecule has 0 atom stereocenters. The minimum atomic E-state index is 0.634. The third-order valence-electron chi connectivity index (χ3n) is 2.50. The first-order chi connectivity index (χ1) is 8.88. The van der Waals surface area contributed by atoms with Gasteiger partial charge in [0.2, 0.25) is 0 Å². The molecule has 0 aromatic heterocycles. The third kappa shape index (κ3) is 4.06. The maximum Gasteiger partial charge on any atom is 0.127 e. The summed E-state index contributed by atoms with van der Waals surface area (Å²) in [5, 5.41) is 3.25. The molecule has 0 amide bonds. The van der Waals surface area contributed by atoms with Crippen LogP contribution < -0.4 is 10.1 Å². The Hall–Kier alpha value is -1.51. The highest BCUT2D eigenvalue weighted by Gasteiger charge is 1.97. The number of para-hydroxylation sites is 1. The van der Waals surface area contributed by atoms with Crippen LogP contribution in [0.2, 0.25) is 0 Å². The summed E-state index contributed by atoms with van der Waals surface area (Å²) < 4.78 is 5.72. The van der Waals surface area contributed by atoms with Crippen molar-refractivity contribution in [1.82, 2.24) is 5.32 Å². The number of benzene rings is 2. The Kier molecular flexibility index (Phi) is 5.06. The van der Waals surface area contributed by atoms with Gasteiger partial charge in [0.25, 0.3) is 0 Å². The average Bonchev–Trinajstić information content (AvgIpc) is 2.42. The van der Waals surface area contributed by atoms with Gasteiger partial charge in [-0.25, -0.2) is 0 Å². The lowest BCUT2D eigenvalue weighted by Crippen LogP contribution is -2.15. The van der Waals surface area contributed by atoms with E-state index >= 15 is 0 Å². The molecule has 0 radical (unpaired) electrons. The molecule has 0 aliphatic heterocycles. The summed E-state index contributed by atoms with van der Waals surface area (Å²) in [6.45, 7) is 1.65. The Labute approximate surface area is 113 Å². The number of alkyl halides is 1. The molecular formula is C15H16ClNO. The van der Waals surface area contributed by atoms with E-state index in [1.165, 1.54) is 5.56 Å². The molecule has 0 saturated heterocycles. The van der Waals surface area contributed by atoms with Crippen molar-refractivity contribution in [3.05, 3.63) is 60.2 Å². The molecule has 2 rings (SSSR count). The van der Waals surface area contributed by atoms with E-state index in [4.69, 9.17) is 16.3 Å². The minimum Gasteiger partial charge on any atom is -0.457 e. The number of halogens is 1. The van der Waals surface area contributed by atoms with Gasteiger partial charge in [0.1, 0.15) is 11.5 Å². The van der Waals surface area contributed by atoms with Crippen LogP contribution in [-0.4, -0.2) is 12.4 Å². The molecule has 0 unspecified atom stereocenters. The van der Waals surface area contributed by atoms with E-state index in [1.807, 2.05) is 42.5 Å². The lowest BCUT2D eigenvalue weighted by molar-refractivity contribution is 0.482. The summed E-state index contributed by atoms with van der Waals surface area (Å²) in [6.07, 6.45) is 0. The maximum atomic E-state index is 5.72. The molecule has 2 aromatic carbocycles. The first kappa shape index (κ1) is 12.9. The van der Waals surface area contributed by atoms with Crippen LogP contribution in [0.4, 0.5) is 0 Å². The van der Waals surface area contributed by atoms with Crippen LogP contribution in [0.3, 0.4) is 0 Å². The van der Waals surface area contributed by atoms with Crippen LogP contribution in [-0.2, 0) is 6.54 Å². The fraction of sp³-hybridized carbons (Fsp3) is 0.200. The highest BCUT2D eigenvalue weighted by atomic mass is 35.5. The molecule has 0 aliphatic carbocycles. The van der Waals surface area contributed by atoms with Gasteiger partial charge >= 0.3 is 0 Å². The Balaban J connectivity index is 1.91. The van der Waals surface area contributed by atoms with Gasteiger partial charge in [-0.3, -0.25) is 0 Å². The summed E-state index contributed by atoms with van der Waals surface area (Å²) >= 11 is 5.60. The number of hydrogen-bond donors (Lipinski definition) is 1. The van der Waals surface area contributed by atoms with Crippen LogP contribution in [0.1, 0.15) is 5.56 Å². The van der Waals surface area contributed by atoms with Gasteiger partial charge in [-0.05, 0) is 29.8 Å². The molecule has 3 heteroatoms. The molecule has 0 aliphatic rings. The molecule has 2 aromatic rings. The molecule has 0 spiro atoms. The van der Waals surface area contributed by atoms with E-state index in [-0.39, 0.29) is 0 Å². The summed E-state index contributed by atoms with van der Waals surface area (Å²) in [5.74, 6) is 2.34. The third-order valence-corrected chi connectivity index (χ3v) is 2.69. The molecule has 1 N–H and O–H groups in total. The van der Waals surface area contributed by atoms with Gasteiger partial charge in [0, 0.05) is 19.0 Å². The standard InChI is InChI=1S/C15H16ClNO/c16-10-11-17-12-13-6-8-15(9-7-13)18-14-4-2-1-3-5-14/h1-9,17H,10-12H2. The lowest BCUT2D eigenvalue weighted by atomic mass is 10.2. The molecule has 2 nitrogen and oxygen atoms in total. The minimum absolute atomic E-state index is 0.634. The van der Waals surface area contributed by atoms with Gasteiger partial charge in [0.05, 0.1) is 0 Å². The molecule has 94 valence electrons. The Morgan fingerprint density at radius 1 is 0.889 bits per heavy atom. The SMILES string of the molecule is ClCCNCc1ccc(Oc2ccccc2)cc1. The topological polar surface area (TPSA) is 21.3 Å². The smallest absolute Gasteiger partial charge is 0.127 e. The predicted octanol–water partition coefficient (Wildman–Crippen LogP) is 3.81. The van der Waals surface area contributed by atoms with E-state index in [1.54, 1.807) is 0 Å². The molecule has 0 bridgehead atoms. The van der Waals surface area contributed by atoms with Gasteiger partial charge in [0.15, 0.2) is 0 Å². The Morgan fingerprint density at radius 3 is 2.22 bits per heavy atom. The van der Waals surface area contributed by atoms with Crippen molar-refractivity contribution < 1.29 is 4.74 Å². The molecular weight excluding hydrogens is 246 g/mol. The van der Waals surface area contributed by atoms with Crippen LogP contribution in [0.15, 0.2) is 54.6 Å². The fourth-order valence-electron chi connectivity index (χ4n) is 1.60. The normalized spacial score (nSPS) is 10.3. The van der Waals surface area contributed by atoms with Crippen molar-refractivity contribution in [2.24, 2.45) is 0 Å². The zero-order chi connectivity index (χ0) is 12.6. The summed E-state index contributed by atoms with van der Waals surface area (Å²) in [4.78, 5) is 0. The van der Waals surface area contributed by atoms with Crippen molar-refractivity contribution in [3.63, 3.8) is 0 Å². The second kappa shape index (κ2) is 7.04. The second-order valence-corrected chi connectivity index (χ2v) is 4.30. The van der Waals surface area contributed by atoms with Crippen LogP contribution in [0.5, 0.6) is 11.5 Å². The molecule has 18 heavy (non-hydrogen) atoms. The Morgan fingerprint density at radius 2 is 1.56 bits per heavy atom. The monoisotopic (exact) mass is 261 g/mol. The van der Waals surface area contributed by atoms with Crippen LogP contribution in [0, 0.1) is 0 Å². The van der Waals surface area contributed by atoms with E-state index in [0.717, 1.165) is 24.6 Å². The van der Waals surface area contributed by atoms with E-state index < -0.39 is 0 Å². The number of ether oxygens (including phenoxy) is 1. The molecule has 0 saturated carbocycles. The first-order valence-corrected chi connectivity index (χ1v) is 6.50. The van der Waals surface area contributed by atoms with Gasteiger partial charge < -0.3 is 10.1 Å². The van der Waals surface area contributed by atoms with Crippen molar-refractivity contribution >= 4 is 11.6 Å². The summed E-state index contributed by atoms with van der Waals surface area (Å²) in [5.41, 5.74) is 1.22. The number of nitrogens with one attached hydrogen (secondary N) is 1. The van der Waals surface area contributed by atoms with Gasteiger partial charge in [-0.1, -0.05) is 30.3 Å². The largest absolute Gasteiger partial charge is 0.457 e. The van der Waals surface area contributed by atoms with Crippen molar-refractivity contribution in [2.45, 2.75) is 6.54 Å². The van der Waals surface area contributed by atoms with E-state index in [2.05, 4.69) is 17.4 Å². The van der Waals surface area contributed by atoms with Gasteiger partial charge in [-0.2, -0.15) is 0 Å². The lowest BCUT2D eigenvalue weighted by Gasteiger charge is -2.07. The zero-order valence-electron chi connectivity index (χ0n) is 10.1. The summed E-state index contributed by atoms with van der Waals surface area (Å²) in [6, 6.07) is 17.8. The predicted molar refractivity (Wildman–Crippen MR) is 75.4 cm³/mol. The van der Waals surface area contributed by atoms with Gasteiger partial charge in [-0.15, -0.1) is 11.6 Å².